The van der Waals surface area contributed by atoms with Crippen molar-refractivity contribution in [2.45, 2.75) is 19.3 Å². The molecule has 1 fully saturated rings. The minimum atomic E-state index is 0.834. The van der Waals surface area contributed by atoms with E-state index in [4.69, 9.17) is 5.73 Å². The summed E-state index contributed by atoms with van der Waals surface area (Å²) in [5.74, 6) is 0.861. The summed E-state index contributed by atoms with van der Waals surface area (Å²) >= 11 is 0. The highest BCUT2D eigenvalue weighted by Crippen LogP contribution is 2.21. The summed E-state index contributed by atoms with van der Waals surface area (Å²) in [7, 11) is 4.40. The van der Waals surface area contributed by atoms with Crippen LogP contribution >= 0.6 is 0 Å². The van der Waals surface area contributed by atoms with E-state index < -0.39 is 0 Å². The van der Waals surface area contributed by atoms with E-state index in [1.807, 2.05) is 12.1 Å². The van der Waals surface area contributed by atoms with Crippen LogP contribution in [0.15, 0.2) is 24.3 Å². The fourth-order valence-electron chi connectivity index (χ4n) is 2.74. The quantitative estimate of drug-likeness (QED) is 0.829. The molecule has 0 spiro atoms. The molecular weight excluding hydrogens is 222 g/mol. The van der Waals surface area contributed by atoms with E-state index in [2.05, 4.69) is 36.0 Å². The molecule has 1 aromatic rings. The fraction of sp³-hybridized carbons (Fsp3) is 0.600. The van der Waals surface area contributed by atoms with Gasteiger partial charge in [0.2, 0.25) is 0 Å². The number of hydrogen-bond acceptors (Lipinski definition) is 3. The van der Waals surface area contributed by atoms with Gasteiger partial charge in [0, 0.05) is 31.5 Å². The van der Waals surface area contributed by atoms with Gasteiger partial charge in [0.1, 0.15) is 0 Å². The molecule has 100 valence electrons. The van der Waals surface area contributed by atoms with Gasteiger partial charge in [-0.05, 0) is 63.0 Å². The zero-order chi connectivity index (χ0) is 13.0. The molecule has 0 aliphatic carbocycles. The fourth-order valence-corrected chi connectivity index (χ4v) is 2.74. The van der Waals surface area contributed by atoms with Crippen molar-refractivity contribution in [2.75, 3.05) is 44.4 Å². The number of hydrogen-bond donors (Lipinski definition) is 1. The van der Waals surface area contributed by atoms with E-state index in [1.165, 1.54) is 38.0 Å². The number of nitrogens with zero attached hydrogens (tertiary/aromatic N) is 2. The highest BCUT2D eigenvalue weighted by molar-refractivity contribution is 5.52. The number of rotatable bonds is 4. The summed E-state index contributed by atoms with van der Waals surface area (Å²) in [6.07, 6.45) is 4.03. The lowest BCUT2D eigenvalue weighted by molar-refractivity contribution is 0.203. The first-order valence-electron chi connectivity index (χ1n) is 6.90. The van der Waals surface area contributed by atoms with Crippen LogP contribution < -0.4 is 10.6 Å². The van der Waals surface area contributed by atoms with Gasteiger partial charge < -0.3 is 15.5 Å². The van der Waals surface area contributed by atoms with Gasteiger partial charge in [-0.1, -0.05) is 0 Å². The number of likely N-dealkylation sites (tertiary alicyclic amines) is 1. The van der Waals surface area contributed by atoms with Crippen LogP contribution in [-0.4, -0.2) is 38.6 Å². The van der Waals surface area contributed by atoms with E-state index >= 15 is 0 Å². The second-order valence-electron chi connectivity index (χ2n) is 5.57. The van der Waals surface area contributed by atoms with E-state index in [-0.39, 0.29) is 0 Å². The molecule has 0 bridgehead atoms. The van der Waals surface area contributed by atoms with Crippen LogP contribution in [0, 0.1) is 5.92 Å². The molecule has 0 radical (unpaired) electrons. The molecule has 1 aliphatic heterocycles. The maximum Gasteiger partial charge on any atom is 0.0365 e. The Morgan fingerprint density at radius 1 is 1.33 bits per heavy atom. The van der Waals surface area contributed by atoms with Crippen LogP contribution in [-0.2, 0) is 0 Å². The Labute approximate surface area is 111 Å². The van der Waals surface area contributed by atoms with Gasteiger partial charge in [-0.25, -0.2) is 0 Å². The zero-order valence-corrected chi connectivity index (χ0v) is 11.6. The standard InChI is InChI=1S/C15H25N3/c1-17-10-3-4-13(12-17)9-11-18(2)15-7-5-14(16)6-8-15/h5-8,13H,3-4,9-12,16H2,1-2H3. The summed E-state index contributed by atoms with van der Waals surface area (Å²) in [5, 5.41) is 0. The maximum atomic E-state index is 5.71. The molecule has 0 aromatic heterocycles. The molecule has 1 atom stereocenters. The van der Waals surface area contributed by atoms with Gasteiger partial charge in [0.05, 0.1) is 0 Å². The number of nitrogens with two attached hydrogens (primary N) is 1. The minimum Gasteiger partial charge on any atom is -0.399 e. The molecule has 1 aromatic carbocycles. The van der Waals surface area contributed by atoms with Crippen LogP contribution in [0.3, 0.4) is 0 Å². The van der Waals surface area contributed by atoms with Crippen molar-refractivity contribution in [1.29, 1.82) is 0 Å². The Kier molecular flexibility index (Phi) is 4.48. The third kappa shape index (κ3) is 3.64. The Balaban J connectivity index is 1.80. The van der Waals surface area contributed by atoms with Crippen LogP contribution in [0.1, 0.15) is 19.3 Å². The number of nitrogen functional groups attached to an aromatic ring is 1. The lowest BCUT2D eigenvalue weighted by atomic mass is 9.95. The molecule has 0 amide bonds. The van der Waals surface area contributed by atoms with Crippen LogP contribution in [0.2, 0.25) is 0 Å². The van der Waals surface area contributed by atoms with Crippen molar-refractivity contribution in [1.82, 2.24) is 4.90 Å². The SMILES string of the molecule is CN1CCCC(CCN(C)c2ccc(N)cc2)C1. The molecule has 18 heavy (non-hydrogen) atoms. The van der Waals surface area contributed by atoms with Crippen molar-refractivity contribution < 1.29 is 0 Å². The van der Waals surface area contributed by atoms with Gasteiger partial charge in [-0.15, -0.1) is 0 Å². The Morgan fingerprint density at radius 2 is 2.06 bits per heavy atom. The summed E-state index contributed by atoms with van der Waals surface area (Å²) in [6, 6.07) is 8.14. The van der Waals surface area contributed by atoms with Crippen molar-refractivity contribution in [2.24, 2.45) is 5.92 Å². The van der Waals surface area contributed by atoms with Gasteiger partial charge in [-0.2, -0.15) is 0 Å². The van der Waals surface area contributed by atoms with E-state index in [9.17, 15) is 0 Å². The Bertz CT molecular complexity index is 361. The molecule has 0 saturated carbocycles. The molecule has 1 aliphatic rings. The second kappa shape index (κ2) is 6.10. The average Bonchev–Trinajstić information content (AvgIpc) is 2.37. The largest absolute Gasteiger partial charge is 0.399 e. The first-order valence-corrected chi connectivity index (χ1v) is 6.90. The summed E-state index contributed by atoms with van der Waals surface area (Å²) in [5.41, 5.74) is 7.80. The molecule has 3 nitrogen and oxygen atoms in total. The monoisotopic (exact) mass is 247 g/mol. The predicted molar refractivity (Wildman–Crippen MR) is 79.0 cm³/mol. The summed E-state index contributed by atoms with van der Waals surface area (Å²) in [6.45, 7) is 3.66. The maximum absolute atomic E-state index is 5.71. The van der Waals surface area contributed by atoms with Crippen molar-refractivity contribution in [3.63, 3.8) is 0 Å². The molecule has 2 N–H and O–H groups in total. The average molecular weight is 247 g/mol. The molecule has 3 heteroatoms. The lowest BCUT2D eigenvalue weighted by Gasteiger charge is -2.31. The first-order chi connectivity index (χ1) is 8.65. The zero-order valence-electron chi connectivity index (χ0n) is 11.6. The van der Waals surface area contributed by atoms with E-state index in [0.29, 0.717) is 0 Å². The first kappa shape index (κ1) is 13.2. The highest BCUT2D eigenvalue weighted by Gasteiger charge is 2.17. The van der Waals surface area contributed by atoms with Crippen LogP contribution in [0.4, 0.5) is 11.4 Å². The summed E-state index contributed by atoms with van der Waals surface area (Å²) < 4.78 is 0. The van der Waals surface area contributed by atoms with Gasteiger partial charge >= 0.3 is 0 Å². The lowest BCUT2D eigenvalue weighted by Crippen LogP contribution is -2.34. The summed E-state index contributed by atoms with van der Waals surface area (Å²) in [4.78, 5) is 4.78. The molecule has 1 heterocycles. The number of piperidine rings is 1. The molecule has 1 saturated heterocycles. The molecule has 2 rings (SSSR count). The topological polar surface area (TPSA) is 32.5 Å². The highest BCUT2D eigenvalue weighted by atomic mass is 15.1. The van der Waals surface area contributed by atoms with Crippen LogP contribution in [0.25, 0.3) is 0 Å². The van der Waals surface area contributed by atoms with Gasteiger partial charge in [0.25, 0.3) is 0 Å². The predicted octanol–water partition coefficient (Wildman–Crippen LogP) is 2.44. The van der Waals surface area contributed by atoms with Gasteiger partial charge in [-0.3, -0.25) is 0 Å². The normalized spacial score (nSPS) is 20.9. The Morgan fingerprint density at radius 3 is 2.72 bits per heavy atom. The third-order valence-electron chi connectivity index (χ3n) is 3.93. The van der Waals surface area contributed by atoms with E-state index in [0.717, 1.165) is 18.2 Å². The van der Waals surface area contributed by atoms with Crippen molar-refractivity contribution in [3.05, 3.63) is 24.3 Å². The third-order valence-corrected chi connectivity index (χ3v) is 3.93. The van der Waals surface area contributed by atoms with Gasteiger partial charge in [0.15, 0.2) is 0 Å². The second-order valence-corrected chi connectivity index (χ2v) is 5.57. The number of benzene rings is 1. The van der Waals surface area contributed by atoms with Crippen molar-refractivity contribution >= 4 is 11.4 Å². The van der Waals surface area contributed by atoms with E-state index in [1.54, 1.807) is 0 Å². The smallest absolute Gasteiger partial charge is 0.0365 e. The molecular formula is C15H25N3. The number of anilines is 2. The molecule has 1 unspecified atom stereocenters. The van der Waals surface area contributed by atoms with Crippen molar-refractivity contribution in [3.8, 4) is 0 Å². The van der Waals surface area contributed by atoms with Crippen LogP contribution in [0.5, 0.6) is 0 Å². The Hall–Kier alpha value is -1.22. The minimum absolute atomic E-state index is 0.834.